The van der Waals surface area contributed by atoms with Crippen molar-refractivity contribution in [1.29, 1.82) is 0 Å². The van der Waals surface area contributed by atoms with E-state index in [0.29, 0.717) is 0 Å². The number of rotatable bonds is 4. The fourth-order valence-electron chi connectivity index (χ4n) is 1.08. The van der Waals surface area contributed by atoms with Crippen LogP contribution in [-0.4, -0.2) is 38.0 Å². The number of hydrogen-bond acceptors (Lipinski definition) is 3. The zero-order valence-electron chi connectivity index (χ0n) is 8.52. The number of halogens is 2. The van der Waals surface area contributed by atoms with E-state index in [4.69, 9.17) is 16.7 Å². The lowest BCUT2D eigenvalue weighted by atomic mass is 10.3. The first-order valence-corrected chi connectivity index (χ1v) is 6.23. The van der Waals surface area contributed by atoms with Crippen molar-refractivity contribution in [3.05, 3.63) is 29.0 Å². The second kappa shape index (κ2) is 5.09. The summed E-state index contributed by atoms with van der Waals surface area (Å²) in [7, 11) is -2.40. The molecule has 0 saturated carbocycles. The molecule has 4 nitrogen and oxygen atoms in total. The van der Waals surface area contributed by atoms with Gasteiger partial charge >= 0.3 is 0 Å². The molecule has 7 heteroatoms. The Morgan fingerprint density at radius 1 is 1.50 bits per heavy atom. The average Bonchev–Trinajstić information content (AvgIpc) is 2.22. The van der Waals surface area contributed by atoms with Crippen LogP contribution in [0.5, 0.6) is 0 Å². The summed E-state index contributed by atoms with van der Waals surface area (Å²) in [4.78, 5) is -0.102. The molecule has 0 unspecified atom stereocenters. The third-order valence-corrected chi connectivity index (χ3v) is 4.16. The summed E-state index contributed by atoms with van der Waals surface area (Å²) in [5.41, 5.74) is 0. The Bertz CT molecular complexity index is 478. The summed E-state index contributed by atoms with van der Waals surface area (Å²) in [6.07, 6.45) is 0. The number of hydrogen-bond donors (Lipinski definition) is 1. The molecule has 0 aliphatic carbocycles. The Morgan fingerprint density at radius 2 is 2.12 bits per heavy atom. The van der Waals surface area contributed by atoms with Crippen LogP contribution in [-0.2, 0) is 10.0 Å². The first kappa shape index (κ1) is 13.4. The molecule has 1 N–H and O–H groups in total. The van der Waals surface area contributed by atoms with E-state index < -0.39 is 15.8 Å². The van der Waals surface area contributed by atoms with E-state index in [1.165, 1.54) is 7.05 Å². The molecule has 0 bridgehead atoms. The summed E-state index contributed by atoms with van der Waals surface area (Å²) in [6, 6.07) is 3.16. The van der Waals surface area contributed by atoms with E-state index in [9.17, 15) is 12.8 Å². The zero-order chi connectivity index (χ0) is 12.3. The van der Waals surface area contributed by atoms with Crippen molar-refractivity contribution < 1.29 is 17.9 Å². The average molecular weight is 268 g/mol. The van der Waals surface area contributed by atoms with Crippen LogP contribution < -0.4 is 0 Å². The van der Waals surface area contributed by atoms with Gasteiger partial charge in [-0.1, -0.05) is 11.6 Å². The molecule has 90 valence electrons. The van der Waals surface area contributed by atoms with Crippen molar-refractivity contribution in [2.75, 3.05) is 20.2 Å². The van der Waals surface area contributed by atoms with Gasteiger partial charge in [0, 0.05) is 13.6 Å². The number of benzene rings is 1. The van der Waals surface area contributed by atoms with Crippen molar-refractivity contribution in [3.63, 3.8) is 0 Å². The molecule has 0 saturated heterocycles. The van der Waals surface area contributed by atoms with Crippen LogP contribution in [0.15, 0.2) is 23.1 Å². The summed E-state index contributed by atoms with van der Waals surface area (Å²) in [5.74, 6) is -0.676. The smallest absolute Gasteiger partial charge is 0.242 e. The molecule has 0 aromatic heterocycles. The zero-order valence-corrected chi connectivity index (χ0v) is 10.1. The number of aliphatic hydroxyl groups excluding tert-OH is 1. The van der Waals surface area contributed by atoms with Crippen LogP contribution in [0.4, 0.5) is 4.39 Å². The second-order valence-electron chi connectivity index (χ2n) is 3.13. The van der Waals surface area contributed by atoms with E-state index >= 15 is 0 Å². The van der Waals surface area contributed by atoms with Crippen molar-refractivity contribution in [2.45, 2.75) is 4.90 Å². The highest BCUT2D eigenvalue weighted by molar-refractivity contribution is 7.89. The minimum absolute atomic E-state index is 0.0304. The van der Waals surface area contributed by atoms with Gasteiger partial charge in [-0.2, -0.15) is 4.31 Å². The van der Waals surface area contributed by atoms with Gasteiger partial charge in [-0.3, -0.25) is 0 Å². The largest absolute Gasteiger partial charge is 0.395 e. The van der Waals surface area contributed by atoms with Crippen LogP contribution in [0.25, 0.3) is 0 Å². The fraction of sp³-hybridized carbons (Fsp3) is 0.333. The lowest BCUT2D eigenvalue weighted by Crippen LogP contribution is -2.29. The molecular weight excluding hydrogens is 257 g/mol. The number of nitrogens with zero attached hydrogens (tertiary/aromatic N) is 1. The highest BCUT2D eigenvalue weighted by Crippen LogP contribution is 2.21. The van der Waals surface area contributed by atoms with Gasteiger partial charge in [0.1, 0.15) is 5.82 Å². The monoisotopic (exact) mass is 267 g/mol. The highest BCUT2D eigenvalue weighted by Gasteiger charge is 2.21. The maximum absolute atomic E-state index is 12.9. The molecule has 1 aromatic carbocycles. The molecule has 0 amide bonds. The molecule has 1 aromatic rings. The van der Waals surface area contributed by atoms with Crippen LogP contribution in [0.3, 0.4) is 0 Å². The van der Waals surface area contributed by atoms with Crippen molar-refractivity contribution >= 4 is 21.6 Å². The van der Waals surface area contributed by atoms with Crippen LogP contribution in [0.1, 0.15) is 0 Å². The summed E-state index contributed by atoms with van der Waals surface area (Å²) in [6.45, 7) is -0.317. The molecule has 0 aliphatic heterocycles. The van der Waals surface area contributed by atoms with Gasteiger partial charge in [-0.05, 0) is 18.2 Å². The Labute approximate surface area is 98.3 Å². The molecule has 0 heterocycles. The number of likely N-dealkylation sites (N-methyl/N-ethyl adjacent to an activating group) is 1. The molecule has 16 heavy (non-hydrogen) atoms. The molecule has 1 rings (SSSR count). The number of sulfonamides is 1. The summed E-state index contributed by atoms with van der Waals surface area (Å²) < 4.78 is 37.5. The van der Waals surface area contributed by atoms with Gasteiger partial charge < -0.3 is 5.11 Å². The third-order valence-electron chi connectivity index (χ3n) is 2.01. The highest BCUT2D eigenvalue weighted by atomic mass is 35.5. The molecule has 0 spiro atoms. The van der Waals surface area contributed by atoms with E-state index in [1.807, 2.05) is 0 Å². The molecule has 0 fully saturated rings. The lowest BCUT2D eigenvalue weighted by Gasteiger charge is -2.15. The van der Waals surface area contributed by atoms with Crippen molar-refractivity contribution in [2.24, 2.45) is 0 Å². The molecule has 0 radical (unpaired) electrons. The van der Waals surface area contributed by atoms with E-state index in [-0.39, 0.29) is 23.1 Å². The van der Waals surface area contributed by atoms with E-state index in [1.54, 1.807) is 0 Å². The van der Waals surface area contributed by atoms with Gasteiger partial charge in [0.15, 0.2) is 0 Å². The van der Waals surface area contributed by atoms with Crippen LogP contribution in [0.2, 0.25) is 5.02 Å². The first-order valence-electron chi connectivity index (χ1n) is 4.42. The quantitative estimate of drug-likeness (QED) is 0.889. The SMILES string of the molecule is CN(CCO)S(=O)(=O)c1ccc(F)c(Cl)c1. The predicted molar refractivity (Wildman–Crippen MR) is 58.3 cm³/mol. The topological polar surface area (TPSA) is 57.6 Å². The summed E-state index contributed by atoms with van der Waals surface area (Å²) in [5, 5.41) is 8.40. The second-order valence-corrected chi connectivity index (χ2v) is 5.58. The van der Waals surface area contributed by atoms with Gasteiger partial charge in [-0.25, -0.2) is 12.8 Å². The molecule has 0 aliphatic rings. The van der Waals surface area contributed by atoms with E-state index in [0.717, 1.165) is 22.5 Å². The van der Waals surface area contributed by atoms with Crippen molar-refractivity contribution in [3.8, 4) is 0 Å². The number of aliphatic hydroxyl groups is 1. The lowest BCUT2D eigenvalue weighted by molar-refractivity contribution is 0.266. The van der Waals surface area contributed by atoms with Gasteiger partial charge in [0.25, 0.3) is 0 Å². The van der Waals surface area contributed by atoms with Crippen LogP contribution >= 0.6 is 11.6 Å². The molecule has 0 atom stereocenters. The maximum Gasteiger partial charge on any atom is 0.242 e. The first-order chi connectivity index (χ1) is 7.39. The molecular formula is C9H11ClFNO3S. The Kier molecular flexibility index (Phi) is 4.26. The van der Waals surface area contributed by atoms with E-state index in [2.05, 4.69) is 0 Å². The fourth-order valence-corrected chi connectivity index (χ4v) is 2.51. The van der Waals surface area contributed by atoms with Crippen LogP contribution in [0, 0.1) is 5.82 Å². The minimum Gasteiger partial charge on any atom is -0.395 e. The van der Waals surface area contributed by atoms with Gasteiger partial charge in [0.2, 0.25) is 10.0 Å². The maximum atomic E-state index is 12.9. The summed E-state index contributed by atoms with van der Waals surface area (Å²) >= 11 is 5.49. The normalized spacial score (nSPS) is 12.1. The Morgan fingerprint density at radius 3 is 2.62 bits per heavy atom. The standard InChI is InChI=1S/C9H11ClFNO3S/c1-12(4-5-13)16(14,15)7-2-3-9(11)8(10)6-7/h2-3,6,13H,4-5H2,1H3. The van der Waals surface area contributed by atoms with Gasteiger partial charge in [0.05, 0.1) is 16.5 Å². The van der Waals surface area contributed by atoms with Crippen molar-refractivity contribution in [1.82, 2.24) is 4.31 Å². The predicted octanol–water partition coefficient (Wildman–Crippen LogP) is 1.09. The van der Waals surface area contributed by atoms with Gasteiger partial charge in [-0.15, -0.1) is 0 Å². The Hall–Kier alpha value is -0.690. The minimum atomic E-state index is -3.72. The third kappa shape index (κ3) is 2.70. The Balaban J connectivity index is 3.12.